The topological polar surface area (TPSA) is 12.0 Å². The Balaban J connectivity index is 2.17. The van der Waals surface area contributed by atoms with E-state index in [9.17, 15) is 0 Å². The van der Waals surface area contributed by atoms with Crippen molar-refractivity contribution in [3.05, 3.63) is 0 Å². The number of rotatable bonds is 3. The molecule has 0 aromatic carbocycles. The van der Waals surface area contributed by atoms with Gasteiger partial charge in [-0.3, -0.25) is 0 Å². The van der Waals surface area contributed by atoms with Gasteiger partial charge in [-0.15, -0.1) is 0 Å². The zero-order valence-electron chi connectivity index (χ0n) is 7.23. The quantitative estimate of drug-likeness (QED) is 0.655. The molecule has 0 heterocycles. The molecule has 0 radical (unpaired) electrons. The summed E-state index contributed by atoms with van der Waals surface area (Å²) in [6.45, 7) is 3.22. The molecule has 2 heteroatoms. The molecule has 1 N–H and O–H groups in total. The van der Waals surface area contributed by atoms with Crippen LogP contribution in [-0.4, -0.2) is 11.5 Å². The maximum absolute atomic E-state index is 5.27. The van der Waals surface area contributed by atoms with Crippen LogP contribution in [0, 0.1) is 5.92 Å². The fraction of sp³-hybridized carbons (Fsp3) is 0.889. The molecule has 0 aliphatic heterocycles. The third-order valence-corrected chi connectivity index (χ3v) is 2.75. The largest absolute Gasteiger partial charge is 0.379 e. The van der Waals surface area contributed by atoms with Gasteiger partial charge in [0.2, 0.25) is 0 Å². The molecule has 0 atom stereocenters. The van der Waals surface area contributed by atoms with Gasteiger partial charge in [0, 0.05) is 12.5 Å². The second-order valence-electron chi connectivity index (χ2n) is 3.27. The summed E-state index contributed by atoms with van der Waals surface area (Å²) < 4.78 is 0. The van der Waals surface area contributed by atoms with Crippen molar-refractivity contribution in [2.24, 2.45) is 5.92 Å². The molecule has 0 saturated heterocycles. The molecule has 1 fully saturated rings. The molecule has 0 spiro atoms. The molecule has 1 aliphatic carbocycles. The lowest BCUT2D eigenvalue weighted by Gasteiger charge is -2.12. The zero-order valence-corrected chi connectivity index (χ0v) is 8.04. The molecule has 0 amide bonds. The predicted octanol–water partition coefficient (Wildman–Crippen LogP) is 2.50. The Morgan fingerprint density at radius 1 is 1.45 bits per heavy atom. The molecule has 0 bridgehead atoms. The fourth-order valence-corrected chi connectivity index (χ4v) is 1.92. The van der Waals surface area contributed by atoms with E-state index >= 15 is 0 Å². The van der Waals surface area contributed by atoms with E-state index in [2.05, 4.69) is 12.2 Å². The van der Waals surface area contributed by atoms with Crippen LogP contribution in [-0.2, 0) is 0 Å². The fourth-order valence-electron chi connectivity index (χ4n) is 1.58. The minimum Gasteiger partial charge on any atom is -0.379 e. The molecule has 0 aromatic heterocycles. The predicted molar refractivity (Wildman–Crippen MR) is 52.8 cm³/mol. The average molecular weight is 171 g/mol. The van der Waals surface area contributed by atoms with Crippen molar-refractivity contribution < 1.29 is 0 Å². The summed E-state index contributed by atoms with van der Waals surface area (Å²) in [5.41, 5.74) is 0. The highest BCUT2D eigenvalue weighted by Crippen LogP contribution is 2.25. The van der Waals surface area contributed by atoms with Crippen LogP contribution in [0.4, 0.5) is 0 Å². The Kier molecular flexibility index (Phi) is 3.84. The van der Waals surface area contributed by atoms with Gasteiger partial charge in [0.25, 0.3) is 0 Å². The first-order valence-electron chi connectivity index (χ1n) is 4.62. The molecule has 1 saturated carbocycles. The van der Waals surface area contributed by atoms with Crippen molar-refractivity contribution in [2.75, 3.05) is 6.54 Å². The Bertz CT molecular complexity index is 128. The number of nitrogens with one attached hydrogen (secondary N) is 1. The van der Waals surface area contributed by atoms with Gasteiger partial charge in [0.1, 0.15) is 0 Å². The minimum atomic E-state index is 0.705. The lowest BCUT2D eigenvalue weighted by Crippen LogP contribution is -2.27. The number of hydrogen-bond acceptors (Lipinski definition) is 1. The smallest absolute Gasteiger partial charge is 0.0784 e. The van der Waals surface area contributed by atoms with E-state index < -0.39 is 0 Å². The van der Waals surface area contributed by atoms with Gasteiger partial charge in [0.15, 0.2) is 0 Å². The summed E-state index contributed by atoms with van der Waals surface area (Å²) >= 11 is 5.27. The third-order valence-electron chi connectivity index (χ3n) is 2.28. The molecule has 0 unspecified atom stereocenters. The van der Waals surface area contributed by atoms with E-state index in [4.69, 9.17) is 12.2 Å². The van der Waals surface area contributed by atoms with E-state index in [0.29, 0.717) is 5.92 Å². The maximum Gasteiger partial charge on any atom is 0.0784 e. The van der Waals surface area contributed by atoms with Crippen molar-refractivity contribution in [2.45, 2.75) is 39.0 Å². The Morgan fingerprint density at radius 3 is 2.64 bits per heavy atom. The van der Waals surface area contributed by atoms with Crippen LogP contribution in [0.15, 0.2) is 0 Å². The number of hydrogen-bond donors (Lipinski definition) is 1. The van der Waals surface area contributed by atoms with Gasteiger partial charge in [-0.25, -0.2) is 0 Å². The van der Waals surface area contributed by atoms with Crippen LogP contribution in [0.3, 0.4) is 0 Å². The third kappa shape index (κ3) is 2.78. The van der Waals surface area contributed by atoms with Crippen LogP contribution < -0.4 is 5.32 Å². The summed E-state index contributed by atoms with van der Waals surface area (Å²) in [5.74, 6) is 0.705. The monoisotopic (exact) mass is 171 g/mol. The molecule has 1 nitrogen and oxygen atoms in total. The highest BCUT2D eigenvalue weighted by Gasteiger charge is 2.18. The molecule has 64 valence electrons. The average Bonchev–Trinajstić information content (AvgIpc) is 2.52. The van der Waals surface area contributed by atoms with E-state index in [1.54, 1.807) is 0 Å². The first-order chi connectivity index (χ1) is 5.34. The van der Waals surface area contributed by atoms with E-state index in [0.717, 1.165) is 11.5 Å². The Labute approximate surface area is 74.6 Å². The van der Waals surface area contributed by atoms with Crippen molar-refractivity contribution in [1.29, 1.82) is 0 Å². The molecular weight excluding hydrogens is 154 g/mol. The normalized spacial score (nSPS) is 18.6. The van der Waals surface area contributed by atoms with Crippen molar-refractivity contribution >= 4 is 17.2 Å². The molecular formula is C9H17NS. The van der Waals surface area contributed by atoms with Crippen LogP contribution in [0.1, 0.15) is 39.0 Å². The first kappa shape index (κ1) is 8.98. The van der Waals surface area contributed by atoms with Gasteiger partial charge >= 0.3 is 0 Å². The van der Waals surface area contributed by atoms with Crippen molar-refractivity contribution in [3.63, 3.8) is 0 Å². The van der Waals surface area contributed by atoms with Crippen LogP contribution in [0.2, 0.25) is 0 Å². The van der Waals surface area contributed by atoms with Crippen molar-refractivity contribution in [3.8, 4) is 0 Å². The van der Waals surface area contributed by atoms with Crippen molar-refractivity contribution in [1.82, 2.24) is 5.32 Å². The van der Waals surface area contributed by atoms with Gasteiger partial charge < -0.3 is 5.32 Å². The first-order valence-corrected chi connectivity index (χ1v) is 5.03. The highest BCUT2D eigenvalue weighted by molar-refractivity contribution is 7.80. The van der Waals surface area contributed by atoms with Crippen LogP contribution in [0.5, 0.6) is 0 Å². The van der Waals surface area contributed by atoms with Crippen LogP contribution in [0.25, 0.3) is 0 Å². The van der Waals surface area contributed by atoms with Gasteiger partial charge in [-0.1, -0.05) is 32.0 Å². The van der Waals surface area contributed by atoms with Crippen LogP contribution >= 0.6 is 12.2 Å². The summed E-state index contributed by atoms with van der Waals surface area (Å²) in [4.78, 5) is 1.12. The van der Waals surface area contributed by atoms with Gasteiger partial charge in [-0.05, 0) is 19.3 Å². The molecule has 0 aromatic rings. The molecule has 1 aliphatic rings. The standard InChI is InChI=1S/C9H17NS/c1-2-7-10-9(11)8-5-3-4-6-8/h8H,2-7H2,1H3,(H,10,11). The second kappa shape index (κ2) is 4.70. The summed E-state index contributed by atoms with van der Waals surface area (Å²) in [7, 11) is 0. The zero-order chi connectivity index (χ0) is 8.10. The summed E-state index contributed by atoms with van der Waals surface area (Å²) in [6.07, 6.45) is 6.55. The lowest BCUT2D eigenvalue weighted by molar-refractivity contribution is 0.696. The second-order valence-corrected chi connectivity index (χ2v) is 3.71. The van der Waals surface area contributed by atoms with E-state index in [-0.39, 0.29) is 0 Å². The lowest BCUT2D eigenvalue weighted by atomic mass is 10.1. The molecule has 1 rings (SSSR count). The number of thiocarbonyl (C=S) groups is 1. The van der Waals surface area contributed by atoms with E-state index in [1.165, 1.54) is 32.1 Å². The Morgan fingerprint density at radius 2 is 2.09 bits per heavy atom. The minimum absolute atomic E-state index is 0.705. The summed E-state index contributed by atoms with van der Waals surface area (Å²) in [5, 5.41) is 3.31. The maximum atomic E-state index is 5.27. The molecule has 11 heavy (non-hydrogen) atoms. The van der Waals surface area contributed by atoms with Gasteiger partial charge in [-0.2, -0.15) is 0 Å². The highest BCUT2D eigenvalue weighted by atomic mass is 32.1. The van der Waals surface area contributed by atoms with Gasteiger partial charge in [0.05, 0.1) is 4.99 Å². The SMILES string of the molecule is CCCNC(=S)C1CCCC1. The summed E-state index contributed by atoms with van der Waals surface area (Å²) in [6, 6.07) is 0. The van der Waals surface area contributed by atoms with E-state index in [1.807, 2.05) is 0 Å². The Hall–Kier alpha value is -0.110.